The Kier molecular flexibility index (Phi) is 3.36. The molecule has 2 saturated heterocycles. The van der Waals surface area contributed by atoms with Gasteiger partial charge in [-0.3, -0.25) is 0 Å². The molecule has 2 aromatic rings. The first-order chi connectivity index (χ1) is 11.0. The molecule has 2 bridgehead atoms. The summed E-state index contributed by atoms with van der Waals surface area (Å²) in [6.07, 6.45) is 3.12. The van der Waals surface area contributed by atoms with Crippen LogP contribution in [0.25, 0.3) is 0 Å². The fourth-order valence-electron chi connectivity index (χ4n) is 4.29. The lowest BCUT2D eigenvalue weighted by atomic mass is 9.82. The molecule has 0 saturated carbocycles. The van der Waals surface area contributed by atoms with Gasteiger partial charge in [-0.2, -0.15) is 0 Å². The summed E-state index contributed by atoms with van der Waals surface area (Å²) in [5.41, 5.74) is 4.09. The molecule has 2 nitrogen and oxygen atoms in total. The maximum atomic E-state index is 10.7. The van der Waals surface area contributed by atoms with E-state index in [1.54, 1.807) is 0 Å². The van der Waals surface area contributed by atoms with Crippen molar-refractivity contribution in [1.82, 2.24) is 0 Å². The van der Waals surface area contributed by atoms with E-state index in [1.807, 2.05) is 0 Å². The highest BCUT2D eigenvalue weighted by Gasteiger charge is 2.58. The molecule has 2 aliphatic heterocycles. The zero-order chi connectivity index (χ0) is 16.1. The Morgan fingerprint density at radius 2 is 1.39 bits per heavy atom. The van der Waals surface area contributed by atoms with Gasteiger partial charge in [0.05, 0.1) is 11.7 Å². The topological polar surface area (TPSA) is 29.5 Å². The van der Waals surface area contributed by atoms with E-state index in [-0.39, 0.29) is 5.60 Å². The smallest absolute Gasteiger partial charge is 0.120 e. The minimum atomic E-state index is -0.545. The number of ether oxygens (including phenoxy) is 1. The molecule has 2 fully saturated rings. The van der Waals surface area contributed by atoms with Crippen molar-refractivity contribution in [1.29, 1.82) is 0 Å². The zero-order valence-corrected chi connectivity index (χ0v) is 13.9. The third-order valence-corrected chi connectivity index (χ3v) is 5.76. The zero-order valence-electron chi connectivity index (χ0n) is 13.9. The molecule has 120 valence electrons. The van der Waals surface area contributed by atoms with Crippen LogP contribution in [0.5, 0.6) is 0 Å². The summed E-state index contributed by atoms with van der Waals surface area (Å²) >= 11 is 0. The first kappa shape index (κ1) is 14.9. The molecular formula is C21H24O2. The van der Waals surface area contributed by atoms with Crippen molar-refractivity contribution in [3.8, 4) is 0 Å². The Balaban J connectivity index is 1.75. The van der Waals surface area contributed by atoms with Crippen LogP contribution in [0.15, 0.2) is 48.5 Å². The van der Waals surface area contributed by atoms with Crippen molar-refractivity contribution >= 4 is 0 Å². The summed E-state index contributed by atoms with van der Waals surface area (Å²) in [7, 11) is 0. The second-order valence-electron chi connectivity index (χ2n) is 7.27. The van der Waals surface area contributed by atoms with Crippen LogP contribution in [0.1, 0.15) is 47.9 Å². The van der Waals surface area contributed by atoms with Crippen LogP contribution in [0.2, 0.25) is 0 Å². The van der Waals surface area contributed by atoms with Gasteiger partial charge in [-0.1, -0.05) is 59.7 Å². The number of fused-ring (bicyclic) bond motifs is 2. The quantitative estimate of drug-likeness (QED) is 0.893. The van der Waals surface area contributed by atoms with Crippen molar-refractivity contribution in [2.75, 3.05) is 0 Å². The van der Waals surface area contributed by atoms with E-state index < -0.39 is 11.7 Å². The van der Waals surface area contributed by atoms with Gasteiger partial charge in [0.2, 0.25) is 0 Å². The Hall–Kier alpha value is -1.64. The predicted molar refractivity (Wildman–Crippen MR) is 91.3 cm³/mol. The molecule has 2 aromatic carbocycles. The number of hydrogen-bond donors (Lipinski definition) is 1. The van der Waals surface area contributed by atoms with Gasteiger partial charge in [0.25, 0.3) is 0 Å². The summed E-state index contributed by atoms with van der Waals surface area (Å²) in [6.45, 7) is 4.20. The average Bonchev–Trinajstić information content (AvgIpc) is 2.90. The highest BCUT2D eigenvalue weighted by atomic mass is 16.5. The van der Waals surface area contributed by atoms with Crippen molar-refractivity contribution in [2.45, 2.75) is 56.8 Å². The molecule has 4 rings (SSSR count). The van der Waals surface area contributed by atoms with E-state index in [2.05, 4.69) is 62.4 Å². The fraction of sp³-hybridized carbons (Fsp3) is 0.429. The van der Waals surface area contributed by atoms with Crippen LogP contribution >= 0.6 is 0 Å². The largest absolute Gasteiger partial charge is 0.390 e. The standard InChI is InChI=1S/C21H24O2/c1-15-3-7-17(8-4-15)20-12-11-19(22)21(23-20,14-13-20)18-9-5-16(2)6-10-18/h3-10,19,22H,11-14H2,1-2H3/t19-,20+,21-/m0/s1. The molecule has 2 heterocycles. The second-order valence-corrected chi connectivity index (χ2v) is 7.27. The highest BCUT2D eigenvalue weighted by Crippen LogP contribution is 2.57. The van der Waals surface area contributed by atoms with Gasteiger partial charge in [0, 0.05) is 0 Å². The predicted octanol–water partition coefficient (Wildman–Crippen LogP) is 4.36. The summed E-state index contributed by atoms with van der Waals surface area (Å²) in [5.74, 6) is 0. The Bertz CT molecular complexity index is 704. The van der Waals surface area contributed by atoms with Crippen LogP contribution in [0.3, 0.4) is 0 Å². The second kappa shape index (κ2) is 5.19. The van der Waals surface area contributed by atoms with Crippen molar-refractivity contribution in [3.63, 3.8) is 0 Å². The first-order valence-corrected chi connectivity index (χ1v) is 8.57. The van der Waals surface area contributed by atoms with Gasteiger partial charge in [0.1, 0.15) is 5.60 Å². The molecule has 0 aliphatic carbocycles. The molecular weight excluding hydrogens is 284 g/mol. The van der Waals surface area contributed by atoms with Crippen LogP contribution in [-0.2, 0) is 15.9 Å². The molecule has 3 atom stereocenters. The maximum absolute atomic E-state index is 10.7. The van der Waals surface area contributed by atoms with E-state index in [0.717, 1.165) is 31.2 Å². The molecule has 2 heteroatoms. The summed E-state index contributed by atoms with van der Waals surface area (Å²) in [4.78, 5) is 0. The monoisotopic (exact) mass is 308 g/mol. The number of aryl methyl sites for hydroxylation is 2. The Labute approximate surface area is 138 Å². The van der Waals surface area contributed by atoms with E-state index in [4.69, 9.17) is 4.74 Å². The summed E-state index contributed by atoms with van der Waals surface area (Å²) < 4.78 is 6.69. The molecule has 2 aliphatic rings. The number of aliphatic hydroxyl groups is 1. The van der Waals surface area contributed by atoms with Gasteiger partial charge in [0.15, 0.2) is 0 Å². The Morgan fingerprint density at radius 1 is 0.826 bits per heavy atom. The molecule has 1 N–H and O–H groups in total. The van der Waals surface area contributed by atoms with Crippen LogP contribution in [0, 0.1) is 13.8 Å². The van der Waals surface area contributed by atoms with Crippen molar-refractivity contribution in [3.05, 3.63) is 70.8 Å². The maximum Gasteiger partial charge on any atom is 0.120 e. The molecule has 0 aromatic heterocycles. The lowest BCUT2D eigenvalue weighted by Crippen LogP contribution is -2.46. The molecule has 23 heavy (non-hydrogen) atoms. The molecule has 0 spiro atoms. The van der Waals surface area contributed by atoms with E-state index >= 15 is 0 Å². The Morgan fingerprint density at radius 3 is 2.00 bits per heavy atom. The highest BCUT2D eigenvalue weighted by molar-refractivity contribution is 5.34. The van der Waals surface area contributed by atoms with Gasteiger partial charge < -0.3 is 9.84 Å². The normalized spacial score (nSPS) is 32.9. The third-order valence-electron chi connectivity index (χ3n) is 5.76. The molecule has 0 unspecified atom stereocenters. The van der Waals surface area contributed by atoms with Gasteiger partial charge in [-0.05, 0) is 50.7 Å². The lowest BCUT2D eigenvalue weighted by molar-refractivity contribution is -0.203. The fourth-order valence-corrected chi connectivity index (χ4v) is 4.29. The van der Waals surface area contributed by atoms with Gasteiger partial charge in [-0.25, -0.2) is 0 Å². The number of hydrogen-bond acceptors (Lipinski definition) is 2. The SMILES string of the molecule is Cc1ccc([C@@]23CC[C@H](O)[C@@](c4ccc(C)cc4)(CC2)O3)cc1. The number of rotatable bonds is 2. The summed E-state index contributed by atoms with van der Waals surface area (Å²) in [6, 6.07) is 17.2. The average molecular weight is 308 g/mol. The van der Waals surface area contributed by atoms with Crippen LogP contribution in [0.4, 0.5) is 0 Å². The minimum absolute atomic E-state index is 0.238. The number of benzene rings is 2. The first-order valence-electron chi connectivity index (χ1n) is 8.57. The van der Waals surface area contributed by atoms with E-state index in [1.165, 1.54) is 16.7 Å². The number of aliphatic hydroxyl groups excluding tert-OH is 1. The third kappa shape index (κ3) is 2.24. The van der Waals surface area contributed by atoms with Crippen molar-refractivity contribution < 1.29 is 9.84 Å². The molecule has 0 radical (unpaired) electrons. The minimum Gasteiger partial charge on any atom is -0.390 e. The van der Waals surface area contributed by atoms with Gasteiger partial charge >= 0.3 is 0 Å². The molecule has 0 amide bonds. The summed E-state index contributed by atoms with van der Waals surface area (Å²) in [5, 5.41) is 10.7. The lowest BCUT2D eigenvalue weighted by Gasteiger charge is -2.44. The van der Waals surface area contributed by atoms with Crippen LogP contribution < -0.4 is 0 Å². The van der Waals surface area contributed by atoms with E-state index in [0.29, 0.717) is 0 Å². The van der Waals surface area contributed by atoms with Crippen molar-refractivity contribution in [2.24, 2.45) is 0 Å². The van der Waals surface area contributed by atoms with E-state index in [9.17, 15) is 5.11 Å². The van der Waals surface area contributed by atoms with Crippen LogP contribution in [-0.4, -0.2) is 11.2 Å². The van der Waals surface area contributed by atoms with Gasteiger partial charge in [-0.15, -0.1) is 0 Å².